The van der Waals surface area contributed by atoms with Crippen molar-refractivity contribution >= 4 is 36.7 Å². The Labute approximate surface area is 192 Å². The van der Waals surface area contributed by atoms with Crippen molar-refractivity contribution in [2.45, 2.75) is 24.2 Å². The number of aromatic nitrogens is 1. The Hall–Kier alpha value is -2.89. The quantitative estimate of drug-likeness (QED) is 0.478. The zero-order chi connectivity index (χ0) is 23.8. The molecular formula is C22H24N2O7S2. The summed E-state index contributed by atoms with van der Waals surface area (Å²) in [7, 11) is -6.50. The Morgan fingerprint density at radius 1 is 1.00 bits per heavy atom. The molecule has 1 N–H and O–H groups in total. The van der Waals surface area contributed by atoms with E-state index in [1.807, 2.05) is 0 Å². The number of aromatic amines is 1. The van der Waals surface area contributed by atoms with Crippen molar-refractivity contribution in [1.82, 2.24) is 4.98 Å². The largest absolute Gasteiger partial charge is 0.495 e. The van der Waals surface area contributed by atoms with Crippen molar-refractivity contribution in [2.75, 3.05) is 30.8 Å². The number of ether oxygens (including phenoxy) is 1. The Morgan fingerprint density at radius 3 is 2.36 bits per heavy atom. The molecule has 11 heteroatoms. The Balaban J connectivity index is 1.99. The summed E-state index contributed by atoms with van der Waals surface area (Å²) >= 11 is 0. The Kier molecular flexibility index (Phi) is 6.21. The highest BCUT2D eigenvalue weighted by molar-refractivity contribution is 7.92. The van der Waals surface area contributed by atoms with E-state index in [1.165, 1.54) is 19.2 Å². The van der Waals surface area contributed by atoms with Crippen molar-refractivity contribution in [3.63, 3.8) is 0 Å². The molecule has 1 aliphatic carbocycles. The van der Waals surface area contributed by atoms with Crippen LogP contribution in [0.25, 0.3) is 10.9 Å². The number of rotatable bonds is 8. The summed E-state index contributed by atoms with van der Waals surface area (Å²) < 4.78 is 62.1. The van der Waals surface area contributed by atoms with Gasteiger partial charge in [-0.25, -0.2) is 8.42 Å². The van der Waals surface area contributed by atoms with E-state index in [0.29, 0.717) is 29.3 Å². The maximum atomic E-state index is 13.8. The smallest absolute Gasteiger partial charge is 0.264 e. The summed E-state index contributed by atoms with van der Waals surface area (Å²) in [6.07, 6.45) is 2.89. The molecule has 4 rings (SSSR count). The molecule has 0 amide bonds. The second kappa shape index (κ2) is 8.81. The van der Waals surface area contributed by atoms with Gasteiger partial charge >= 0.3 is 0 Å². The van der Waals surface area contributed by atoms with Crippen molar-refractivity contribution in [3.8, 4) is 5.75 Å². The monoisotopic (exact) mass is 492 g/mol. The lowest BCUT2D eigenvalue weighted by Crippen LogP contribution is -2.35. The van der Waals surface area contributed by atoms with Crippen LogP contribution in [-0.4, -0.2) is 48.3 Å². The van der Waals surface area contributed by atoms with Gasteiger partial charge in [-0.05, 0) is 49.1 Å². The summed E-state index contributed by atoms with van der Waals surface area (Å²) in [4.78, 5) is 15.4. The Bertz CT molecular complexity index is 1460. The molecule has 0 spiro atoms. The van der Waals surface area contributed by atoms with E-state index in [9.17, 15) is 21.6 Å². The minimum Gasteiger partial charge on any atom is -0.495 e. The normalized spacial score (nSPS) is 13.8. The predicted molar refractivity (Wildman–Crippen MR) is 125 cm³/mol. The van der Waals surface area contributed by atoms with Crippen molar-refractivity contribution in [3.05, 3.63) is 63.9 Å². The van der Waals surface area contributed by atoms with E-state index in [2.05, 4.69) is 4.98 Å². The third kappa shape index (κ3) is 4.48. The van der Waals surface area contributed by atoms with E-state index >= 15 is 0 Å². The fourth-order valence-electron chi connectivity index (χ4n) is 4.21. The van der Waals surface area contributed by atoms with E-state index in [1.54, 1.807) is 30.3 Å². The number of hydrogen-bond acceptors (Lipinski definition) is 7. The first-order valence-corrected chi connectivity index (χ1v) is 13.6. The van der Waals surface area contributed by atoms with E-state index in [-0.39, 0.29) is 28.4 Å². The van der Waals surface area contributed by atoms with Gasteiger partial charge in [-0.1, -0.05) is 18.2 Å². The highest BCUT2D eigenvalue weighted by Crippen LogP contribution is 2.42. The number of hydrogen-bond donors (Lipinski definition) is 1. The van der Waals surface area contributed by atoms with Crippen molar-refractivity contribution < 1.29 is 25.8 Å². The zero-order valence-electron chi connectivity index (χ0n) is 18.2. The molecule has 0 unspecified atom stereocenters. The van der Waals surface area contributed by atoms with Crippen LogP contribution in [0.4, 0.5) is 5.69 Å². The van der Waals surface area contributed by atoms with Gasteiger partial charge in [0.15, 0.2) is 0 Å². The number of benzene rings is 2. The fraction of sp³-hybridized carbons (Fsp3) is 0.318. The van der Waals surface area contributed by atoms with Crippen LogP contribution in [0.5, 0.6) is 5.75 Å². The van der Waals surface area contributed by atoms with Crippen LogP contribution in [0, 0.1) is 0 Å². The first-order valence-electron chi connectivity index (χ1n) is 10.3. The summed E-state index contributed by atoms with van der Waals surface area (Å²) in [6.45, 7) is -0.677. The number of fused-ring (bicyclic) bond motifs is 3. The number of H-pyrrole nitrogens is 1. The third-order valence-corrected chi connectivity index (χ3v) is 7.98. The van der Waals surface area contributed by atoms with E-state index in [0.717, 1.165) is 22.5 Å². The molecule has 3 aromatic rings. The number of pyridine rings is 1. The molecule has 176 valence electrons. The van der Waals surface area contributed by atoms with Gasteiger partial charge < -0.3 is 9.72 Å². The Morgan fingerprint density at radius 2 is 1.70 bits per heavy atom. The molecule has 0 atom stereocenters. The molecule has 0 bridgehead atoms. The van der Waals surface area contributed by atoms with Gasteiger partial charge in [0.05, 0.1) is 36.9 Å². The SMILES string of the molecule is COc1ccc2[nH]c(=O)c3c(c2c1N(CCOS(C)(=O)=O)S(=O)(=O)c1ccccc1)CCC3. The van der Waals surface area contributed by atoms with Crippen LogP contribution in [0.3, 0.4) is 0 Å². The number of methoxy groups -OCH3 is 1. The van der Waals surface area contributed by atoms with Crippen molar-refractivity contribution in [2.24, 2.45) is 0 Å². The standard InChI is InChI=1S/C22H24N2O7S2/c1-30-19-12-11-18-20(16-9-6-10-17(16)22(25)23-18)21(19)24(13-14-31-32(2,26)27)33(28,29)15-7-4-3-5-8-15/h3-5,7-8,11-12H,6,9-10,13-14H2,1-2H3,(H,23,25). The molecule has 0 saturated carbocycles. The van der Waals surface area contributed by atoms with Gasteiger partial charge in [0, 0.05) is 10.9 Å². The van der Waals surface area contributed by atoms with Gasteiger partial charge in [0.1, 0.15) is 11.4 Å². The zero-order valence-corrected chi connectivity index (χ0v) is 19.8. The first kappa shape index (κ1) is 23.3. The van der Waals surface area contributed by atoms with Crippen molar-refractivity contribution in [1.29, 1.82) is 0 Å². The molecule has 1 aliphatic rings. The number of nitrogens with zero attached hydrogens (tertiary/aromatic N) is 1. The van der Waals surface area contributed by atoms with E-state index < -0.39 is 26.7 Å². The van der Waals surface area contributed by atoms with Gasteiger partial charge in [-0.3, -0.25) is 13.3 Å². The lowest BCUT2D eigenvalue weighted by molar-refractivity contribution is 0.331. The predicted octanol–water partition coefficient (Wildman–Crippen LogP) is 2.20. The topological polar surface area (TPSA) is 123 Å². The highest BCUT2D eigenvalue weighted by atomic mass is 32.2. The van der Waals surface area contributed by atoms with Crippen LogP contribution in [0.1, 0.15) is 17.5 Å². The number of aryl methyl sites for hydroxylation is 1. The molecule has 0 aliphatic heterocycles. The molecule has 33 heavy (non-hydrogen) atoms. The van der Waals surface area contributed by atoms with Crippen LogP contribution < -0.4 is 14.6 Å². The second-order valence-corrected chi connectivity index (χ2v) is 11.2. The molecule has 0 radical (unpaired) electrons. The summed E-state index contributed by atoms with van der Waals surface area (Å²) in [6, 6.07) is 11.1. The lowest BCUT2D eigenvalue weighted by atomic mass is 10.0. The van der Waals surface area contributed by atoms with E-state index in [4.69, 9.17) is 8.92 Å². The maximum Gasteiger partial charge on any atom is 0.264 e. The number of anilines is 1. The average Bonchev–Trinajstić information content (AvgIpc) is 3.27. The van der Waals surface area contributed by atoms with Gasteiger partial charge in [-0.15, -0.1) is 0 Å². The molecule has 1 aromatic heterocycles. The maximum absolute atomic E-state index is 13.8. The lowest BCUT2D eigenvalue weighted by Gasteiger charge is -2.28. The fourth-order valence-corrected chi connectivity index (χ4v) is 6.07. The minimum absolute atomic E-state index is 0.0319. The molecule has 9 nitrogen and oxygen atoms in total. The summed E-state index contributed by atoms with van der Waals surface area (Å²) in [5.74, 6) is 0.280. The minimum atomic E-state index is -4.14. The van der Waals surface area contributed by atoms with Gasteiger partial charge in [0.25, 0.3) is 25.7 Å². The second-order valence-electron chi connectivity index (χ2n) is 7.72. The van der Waals surface area contributed by atoms with Crippen LogP contribution >= 0.6 is 0 Å². The molecule has 1 heterocycles. The number of nitrogens with one attached hydrogen (secondary N) is 1. The van der Waals surface area contributed by atoms with Crippen LogP contribution in [0.15, 0.2) is 52.2 Å². The highest BCUT2D eigenvalue weighted by Gasteiger charge is 2.32. The van der Waals surface area contributed by atoms with Gasteiger partial charge in [0.2, 0.25) is 0 Å². The first-order chi connectivity index (χ1) is 15.6. The number of sulfonamides is 1. The molecule has 0 saturated heterocycles. The summed E-state index contributed by atoms with van der Waals surface area (Å²) in [5.41, 5.74) is 1.93. The molecule has 0 fully saturated rings. The van der Waals surface area contributed by atoms with Crippen LogP contribution in [0.2, 0.25) is 0 Å². The van der Waals surface area contributed by atoms with Gasteiger partial charge in [-0.2, -0.15) is 8.42 Å². The van der Waals surface area contributed by atoms with Crippen LogP contribution in [-0.2, 0) is 37.2 Å². The molecule has 2 aromatic carbocycles. The molecular weight excluding hydrogens is 468 g/mol. The average molecular weight is 493 g/mol. The third-order valence-electron chi connectivity index (χ3n) is 5.58. The summed E-state index contributed by atoms with van der Waals surface area (Å²) in [5, 5.41) is 0.570.